The number of rotatable bonds is 1. The summed E-state index contributed by atoms with van der Waals surface area (Å²) >= 11 is 0. The zero-order chi connectivity index (χ0) is 15.5. The van der Waals surface area contributed by atoms with E-state index in [1.165, 1.54) is 22.3 Å². The van der Waals surface area contributed by atoms with Crippen LogP contribution in [0.4, 0.5) is 0 Å². The summed E-state index contributed by atoms with van der Waals surface area (Å²) in [4.78, 5) is 0. The van der Waals surface area contributed by atoms with Gasteiger partial charge in [-0.2, -0.15) is 0 Å². The van der Waals surface area contributed by atoms with Gasteiger partial charge in [0.05, 0.1) is 0 Å². The molecule has 0 aliphatic rings. The van der Waals surface area contributed by atoms with E-state index >= 15 is 0 Å². The molecule has 0 fully saturated rings. The molecule has 0 aliphatic carbocycles. The van der Waals surface area contributed by atoms with Crippen LogP contribution in [0.3, 0.4) is 0 Å². The molecule has 0 amide bonds. The molecule has 0 radical (unpaired) electrons. The summed E-state index contributed by atoms with van der Waals surface area (Å²) < 4.78 is 0. The minimum atomic E-state index is 0.659. The number of hydrogen-bond donors (Lipinski definition) is 0. The van der Waals surface area contributed by atoms with Gasteiger partial charge in [0.2, 0.25) is 0 Å². The van der Waals surface area contributed by atoms with E-state index in [4.69, 9.17) is 0 Å². The second-order valence-electron chi connectivity index (χ2n) is 5.08. The van der Waals surface area contributed by atoms with Gasteiger partial charge >= 0.3 is 0 Å². The maximum atomic E-state index is 2.20. The van der Waals surface area contributed by atoms with E-state index in [1.54, 1.807) is 0 Å². The van der Waals surface area contributed by atoms with Gasteiger partial charge in [0.25, 0.3) is 0 Å². The Labute approximate surface area is 125 Å². The quantitative estimate of drug-likeness (QED) is 0.558. The van der Waals surface area contributed by atoms with E-state index in [9.17, 15) is 0 Å². The van der Waals surface area contributed by atoms with Crippen molar-refractivity contribution < 1.29 is 0 Å². The van der Waals surface area contributed by atoms with E-state index in [-0.39, 0.29) is 0 Å². The zero-order valence-electron chi connectivity index (χ0n) is 14.2. The second kappa shape index (κ2) is 10.3. The summed E-state index contributed by atoms with van der Waals surface area (Å²) in [7, 11) is 0. The summed E-state index contributed by atoms with van der Waals surface area (Å²) in [5.41, 5.74) is 5.60. The van der Waals surface area contributed by atoms with E-state index in [2.05, 4.69) is 77.1 Å². The Bertz CT molecular complexity index is 446. The summed E-state index contributed by atoms with van der Waals surface area (Å²) in [6.45, 7) is 14.8. The Morgan fingerprint density at radius 2 is 1.10 bits per heavy atom. The van der Waals surface area contributed by atoms with E-state index < -0.39 is 0 Å². The zero-order valence-corrected chi connectivity index (χ0v) is 14.2. The van der Waals surface area contributed by atoms with Gasteiger partial charge in [0.1, 0.15) is 0 Å². The third-order valence-corrected chi connectivity index (χ3v) is 3.34. The molecule has 0 aromatic heterocycles. The highest BCUT2D eigenvalue weighted by atomic mass is 14.0. The molecule has 2 aromatic carbocycles. The van der Waals surface area contributed by atoms with Gasteiger partial charge in [0, 0.05) is 0 Å². The highest BCUT2D eigenvalue weighted by Crippen LogP contribution is 2.11. The Morgan fingerprint density at radius 3 is 1.40 bits per heavy atom. The molecule has 0 aliphatic heterocycles. The Morgan fingerprint density at radius 1 is 0.650 bits per heavy atom. The smallest absolute Gasteiger partial charge is 0.0219 e. The van der Waals surface area contributed by atoms with Crippen LogP contribution in [0.1, 0.15) is 55.9 Å². The fourth-order valence-corrected chi connectivity index (χ4v) is 1.74. The fraction of sp³-hybridized carbons (Fsp3) is 0.400. The third-order valence-electron chi connectivity index (χ3n) is 3.34. The van der Waals surface area contributed by atoms with Crippen molar-refractivity contribution >= 4 is 0 Å². The number of aryl methyl sites for hydroxylation is 2. The molecule has 110 valence electrons. The Kier molecular flexibility index (Phi) is 9.45. The summed E-state index contributed by atoms with van der Waals surface area (Å²) in [6.07, 6.45) is 0. The number of benzene rings is 2. The van der Waals surface area contributed by atoms with Gasteiger partial charge in [-0.25, -0.2) is 0 Å². The molecule has 0 unspecified atom stereocenters. The maximum Gasteiger partial charge on any atom is -0.0219 e. The van der Waals surface area contributed by atoms with Crippen LogP contribution in [0.2, 0.25) is 0 Å². The van der Waals surface area contributed by atoms with E-state index in [0.29, 0.717) is 5.92 Å². The van der Waals surface area contributed by atoms with Crippen molar-refractivity contribution in [2.24, 2.45) is 0 Å². The van der Waals surface area contributed by atoms with Gasteiger partial charge in [-0.15, -0.1) is 0 Å². The molecule has 0 heteroatoms. The predicted molar refractivity (Wildman–Crippen MR) is 92.5 cm³/mol. The number of hydrogen-bond acceptors (Lipinski definition) is 0. The van der Waals surface area contributed by atoms with Crippen LogP contribution < -0.4 is 0 Å². The average molecular weight is 270 g/mol. The van der Waals surface area contributed by atoms with Crippen LogP contribution in [-0.2, 0) is 0 Å². The molecule has 2 aromatic rings. The van der Waals surface area contributed by atoms with E-state index in [1.807, 2.05) is 19.9 Å². The lowest BCUT2D eigenvalue weighted by Gasteiger charge is -2.01. The van der Waals surface area contributed by atoms with Crippen molar-refractivity contribution in [3.8, 4) is 0 Å². The predicted octanol–water partition coefficient (Wildman–Crippen LogP) is 6.45. The first kappa shape index (κ1) is 18.4. The molecule has 0 saturated carbocycles. The Hall–Kier alpha value is -1.56. The standard InChI is InChI=1S/2C9H12.C2H6/c1-7-5-4-6-8(2)9(7)3;1-8(2)9-6-4-3-5-7-9;1-2/h4-6H,1-3H3;3-8H,1-2H3;1-2H3. The first-order chi connectivity index (χ1) is 9.52. The minimum Gasteiger partial charge on any atom is -0.0683 e. The maximum absolute atomic E-state index is 2.20. The highest BCUT2D eigenvalue weighted by Gasteiger charge is 1.93. The first-order valence-electron chi connectivity index (χ1n) is 7.60. The minimum absolute atomic E-state index is 0.659. The largest absolute Gasteiger partial charge is 0.0683 e. The van der Waals surface area contributed by atoms with Gasteiger partial charge < -0.3 is 0 Å². The lowest BCUT2D eigenvalue weighted by molar-refractivity contribution is 0.867. The van der Waals surface area contributed by atoms with Crippen LogP contribution in [0.5, 0.6) is 0 Å². The molecule has 0 atom stereocenters. The van der Waals surface area contributed by atoms with Gasteiger partial charge in [-0.05, 0) is 48.9 Å². The van der Waals surface area contributed by atoms with Crippen molar-refractivity contribution in [1.82, 2.24) is 0 Å². The molecule has 0 N–H and O–H groups in total. The van der Waals surface area contributed by atoms with Crippen LogP contribution in [0, 0.1) is 20.8 Å². The van der Waals surface area contributed by atoms with Gasteiger partial charge in [-0.3, -0.25) is 0 Å². The van der Waals surface area contributed by atoms with Crippen molar-refractivity contribution in [3.05, 3.63) is 70.8 Å². The molecule has 0 spiro atoms. The normalized spacial score (nSPS) is 9.20. The fourth-order valence-electron chi connectivity index (χ4n) is 1.74. The van der Waals surface area contributed by atoms with Crippen molar-refractivity contribution in [2.75, 3.05) is 0 Å². The SMILES string of the molecule is CC.CC(C)c1ccccc1.Cc1cccc(C)c1C. The van der Waals surface area contributed by atoms with Crippen LogP contribution in [0.15, 0.2) is 48.5 Å². The molecule has 0 heterocycles. The second-order valence-corrected chi connectivity index (χ2v) is 5.08. The molecular weight excluding hydrogens is 240 g/mol. The monoisotopic (exact) mass is 270 g/mol. The van der Waals surface area contributed by atoms with E-state index in [0.717, 1.165) is 0 Å². The highest BCUT2D eigenvalue weighted by molar-refractivity contribution is 5.31. The Balaban J connectivity index is 0.000000321. The van der Waals surface area contributed by atoms with Crippen molar-refractivity contribution in [1.29, 1.82) is 0 Å². The molecule has 20 heavy (non-hydrogen) atoms. The van der Waals surface area contributed by atoms with Crippen LogP contribution >= 0.6 is 0 Å². The molecule has 0 bridgehead atoms. The molecular formula is C20H30. The average Bonchev–Trinajstić information content (AvgIpc) is 2.48. The summed E-state index contributed by atoms with van der Waals surface area (Å²) in [5.74, 6) is 0.659. The topological polar surface area (TPSA) is 0 Å². The van der Waals surface area contributed by atoms with Crippen molar-refractivity contribution in [2.45, 2.75) is 54.4 Å². The molecule has 0 saturated heterocycles. The lowest BCUT2D eigenvalue weighted by Crippen LogP contribution is -1.83. The molecule has 2 rings (SSSR count). The van der Waals surface area contributed by atoms with Gasteiger partial charge in [0.15, 0.2) is 0 Å². The van der Waals surface area contributed by atoms with Crippen LogP contribution in [0.25, 0.3) is 0 Å². The van der Waals surface area contributed by atoms with Crippen LogP contribution in [-0.4, -0.2) is 0 Å². The summed E-state index contributed by atoms with van der Waals surface area (Å²) in [6, 6.07) is 16.9. The summed E-state index contributed by atoms with van der Waals surface area (Å²) in [5, 5.41) is 0. The third kappa shape index (κ3) is 6.56. The lowest BCUT2D eigenvalue weighted by atomic mass is 10.0. The molecule has 0 nitrogen and oxygen atoms in total. The first-order valence-corrected chi connectivity index (χ1v) is 7.60. The van der Waals surface area contributed by atoms with Gasteiger partial charge in [-0.1, -0.05) is 76.2 Å². The van der Waals surface area contributed by atoms with Crippen molar-refractivity contribution in [3.63, 3.8) is 0 Å².